The summed E-state index contributed by atoms with van der Waals surface area (Å²) < 4.78 is 23.3. The molecular weight excluding hydrogens is 864 g/mol. The maximum Gasteiger partial charge on any atom is 0.268 e. The van der Waals surface area contributed by atoms with Crippen molar-refractivity contribution in [3.8, 4) is 0 Å². The first kappa shape index (κ1) is 66.5. The van der Waals surface area contributed by atoms with Crippen LogP contribution < -0.4 is 10.2 Å². The quantitative estimate of drug-likeness (QED) is 0.0272. The summed E-state index contributed by atoms with van der Waals surface area (Å²) in [5.74, 6) is -0.205. The highest BCUT2D eigenvalue weighted by atomic mass is 31.2. The second-order valence-corrected chi connectivity index (χ2v) is 22.4. The molecule has 0 aliphatic carbocycles. The maximum atomic E-state index is 13.0. The van der Waals surface area contributed by atoms with E-state index in [0.29, 0.717) is 17.4 Å². The van der Waals surface area contributed by atoms with Crippen LogP contribution in [0.1, 0.15) is 271 Å². The fourth-order valence-corrected chi connectivity index (χ4v) is 9.16. The van der Waals surface area contributed by atoms with Gasteiger partial charge < -0.3 is 28.8 Å². The number of hydrogen-bond donors (Lipinski definition) is 2. The Labute approximate surface area is 422 Å². The fraction of sp³-hybridized carbons (Fsp3) is 0.847. The minimum atomic E-state index is -4.60. The molecule has 0 aliphatic heterocycles. The molecule has 0 rings (SSSR count). The van der Waals surface area contributed by atoms with Gasteiger partial charge in [-0.25, -0.2) is 0 Å². The highest BCUT2D eigenvalue weighted by molar-refractivity contribution is 7.45. The molecule has 0 aromatic heterocycles. The van der Waals surface area contributed by atoms with Gasteiger partial charge >= 0.3 is 0 Å². The van der Waals surface area contributed by atoms with E-state index in [0.717, 1.165) is 44.9 Å². The van der Waals surface area contributed by atoms with E-state index < -0.39 is 26.6 Å². The summed E-state index contributed by atoms with van der Waals surface area (Å²) in [7, 11) is 1.25. The fourth-order valence-electron chi connectivity index (χ4n) is 8.44. The van der Waals surface area contributed by atoms with Gasteiger partial charge in [-0.15, -0.1) is 0 Å². The van der Waals surface area contributed by atoms with E-state index >= 15 is 0 Å². The Morgan fingerprint density at radius 1 is 0.515 bits per heavy atom. The van der Waals surface area contributed by atoms with Crippen molar-refractivity contribution in [1.82, 2.24) is 5.32 Å². The third kappa shape index (κ3) is 52.3. The summed E-state index contributed by atoms with van der Waals surface area (Å²) in [6.07, 6.45) is 66.2. The summed E-state index contributed by atoms with van der Waals surface area (Å²) in [4.78, 5) is 25.5. The van der Waals surface area contributed by atoms with E-state index in [1.165, 1.54) is 205 Å². The molecule has 0 saturated heterocycles. The van der Waals surface area contributed by atoms with Gasteiger partial charge in [-0.05, 0) is 64.2 Å². The van der Waals surface area contributed by atoms with Gasteiger partial charge in [0.1, 0.15) is 13.2 Å². The molecule has 9 heteroatoms. The molecule has 0 bridgehead atoms. The van der Waals surface area contributed by atoms with Crippen molar-refractivity contribution in [2.75, 3.05) is 40.9 Å². The number of amides is 1. The van der Waals surface area contributed by atoms with Crippen LogP contribution in [0.15, 0.2) is 48.6 Å². The van der Waals surface area contributed by atoms with Crippen molar-refractivity contribution in [2.45, 2.75) is 283 Å². The van der Waals surface area contributed by atoms with Gasteiger partial charge in [0.05, 0.1) is 39.9 Å². The Morgan fingerprint density at radius 2 is 0.868 bits per heavy atom. The Morgan fingerprint density at radius 3 is 1.28 bits per heavy atom. The lowest BCUT2D eigenvalue weighted by molar-refractivity contribution is -0.870. The number of unbranched alkanes of at least 4 members (excludes halogenated alkanes) is 34. The third-order valence-electron chi connectivity index (χ3n) is 13.0. The number of carbonyl (C=O) groups is 1. The molecule has 400 valence electrons. The maximum absolute atomic E-state index is 13.0. The molecule has 8 nitrogen and oxygen atoms in total. The Kier molecular flexibility index (Phi) is 49.3. The Bertz CT molecular complexity index is 1250. The number of phosphoric acid groups is 1. The van der Waals surface area contributed by atoms with Crippen LogP contribution in [0.3, 0.4) is 0 Å². The largest absolute Gasteiger partial charge is 0.756 e. The van der Waals surface area contributed by atoms with E-state index in [9.17, 15) is 19.4 Å². The number of allylic oxidation sites excluding steroid dienone is 7. The number of likely N-dealkylation sites (N-methyl/N-ethyl adjacent to an activating group) is 1. The third-order valence-corrected chi connectivity index (χ3v) is 14.0. The van der Waals surface area contributed by atoms with Crippen molar-refractivity contribution in [3.63, 3.8) is 0 Å². The van der Waals surface area contributed by atoms with Gasteiger partial charge in [-0.3, -0.25) is 9.36 Å². The van der Waals surface area contributed by atoms with Crippen molar-refractivity contribution in [3.05, 3.63) is 48.6 Å². The van der Waals surface area contributed by atoms with E-state index in [-0.39, 0.29) is 12.5 Å². The van der Waals surface area contributed by atoms with Gasteiger partial charge in [-0.2, -0.15) is 0 Å². The highest BCUT2D eigenvalue weighted by Crippen LogP contribution is 2.38. The van der Waals surface area contributed by atoms with Crippen LogP contribution in [0.4, 0.5) is 0 Å². The smallest absolute Gasteiger partial charge is 0.268 e. The SMILES string of the molecule is CCCCCCC/C=C\C/C=C\CCCCCCCCCCCCCCCCCCCC(=O)NC(COP(=O)([O-])OCC[N+](C)(C)C)C(O)/C=C/CC/C=C/CCCCCCCCCCCCC. The van der Waals surface area contributed by atoms with Crippen LogP contribution in [-0.4, -0.2) is 68.5 Å². The number of hydrogen-bond acceptors (Lipinski definition) is 6. The molecule has 0 fully saturated rings. The lowest BCUT2D eigenvalue weighted by atomic mass is 10.0. The van der Waals surface area contributed by atoms with Gasteiger partial charge in [0.2, 0.25) is 5.91 Å². The van der Waals surface area contributed by atoms with E-state index in [2.05, 4.69) is 55.6 Å². The van der Waals surface area contributed by atoms with Gasteiger partial charge in [0, 0.05) is 6.42 Å². The van der Waals surface area contributed by atoms with Crippen LogP contribution in [0.5, 0.6) is 0 Å². The zero-order valence-corrected chi connectivity index (χ0v) is 46.5. The number of nitrogens with zero attached hydrogens (tertiary/aromatic N) is 1. The van der Waals surface area contributed by atoms with Gasteiger partial charge in [-0.1, -0.05) is 249 Å². The highest BCUT2D eigenvalue weighted by Gasteiger charge is 2.23. The standard InChI is InChI=1S/C59H113N2O6P/c1-6-8-10-12-14-16-18-20-22-24-25-26-27-28-29-30-31-32-33-34-35-37-39-41-43-45-47-49-51-53-59(63)60-57(56-67-68(64,65)66-55-54-61(3,4)5)58(62)52-50-48-46-44-42-40-38-36-23-21-19-17-15-13-11-9-7-2/h18,20,24-25,42,44,50,52,57-58,62H,6-17,19,21-23,26-41,43,45-49,51,53-56H2,1-5H3,(H-,60,63,64,65)/b20-18-,25-24-,44-42+,52-50+. The predicted octanol–water partition coefficient (Wildman–Crippen LogP) is 16.9. The average Bonchev–Trinajstić information content (AvgIpc) is 3.30. The molecule has 1 amide bonds. The van der Waals surface area contributed by atoms with E-state index in [4.69, 9.17) is 9.05 Å². The van der Waals surface area contributed by atoms with Crippen molar-refractivity contribution >= 4 is 13.7 Å². The van der Waals surface area contributed by atoms with E-state index in [1.54, 1.807) is 6.08 Å². The minimum absolute atomic E-state index is 0.00601. The van der Waals surface area contributed by atoms with E-state index in [1.807, 2.05) is 27.2 Å². The summed E-state index contributed by atoms with van der Waals surface area (Å²) in [6, 6.07) is -0.903. The molecule has 68 heavy (non-hydrogen) atoms. The molecule has 3 unspecified atom stereocenters. The van der Waals surface area contributed by atoms with Crippen LogP contribution in [0.25, 0.3) is 0 Å². The zero-order chi connectivity index (χ0) is 49.9. The summed E-state index contributed by atoms with van der Waals surface area (Å²) in [6.45, 7) is 4.64. The number of nitrogens with one attached hydrogen (secondary N) is 1. The number of aliphatic hydroxyl groups excluding tert-OH is 1. The normalized spacial score (nSPS) is 14.3. The first-order valence-corrected chi connectivity index (χ1v) is 30.5. The number of aliphatic hydroxyl groups is 1. The summed E-state index contributed by atoms with van der Waals surface area (Å²) >= 11 is 0. The number of carbonyl (C=O) groups excluding carboxylic acids is 1. The molecule has 0 heterocycles. The Hall–Kier alpha value is -1.54. The molecule has 0 aromatic rings. The monoisotopic (exact) mass is 977 g/mol. The second kappa shape index (κ2) is 50.4. The van der Waals surface area contributed by atoms with Crippen molar-refractivity contribution in [2.24, 2.45) is 0 Å². The lowest BCUT2D eigenvalue weighted by Crippen LogP contribution is -2.45. The summed E-state index contributed by atoms with van der Waals surface area (Å²) in [5.41, 5.74) is 0. The molecule has 0 spiro atoms. The second-order valence-electron chi connectivity index (χ2n) is 21.0. The van der Waals surface area contributed by atoms with Crippen LogP contribution in [0, 0.1) is 0 Å². The molecular formula is C59H113N2O6P. The van der Waals surface area contributed by atoms with Gasteiger partial charge in [0.25, 0.3) is 7.82 Å². The molecule has 2 N–H and O–H groups in total. The minimum Gasteiger partial charge on any atom is -0.756 e. The number of phosphoric ester groups is 1. The molecule has 3 atom stereocenters. The van der Waals surface area contributed by atoms with Crippen LogP contribution >= 0.6 is 7.82 Å². The molecule has 0 aromatic carbocycles. The summed E-state index contributed by atoms with van der Waals surface area (Å²) in [5, 5.41) is 13.9. The molecule has 0 aliphatic rings. The number of rotatable bonds is 53. The predicted molar refractivity (Wildman–Crippen MR) is 293 cm³/mol. The Balaban J connectivity index is 4.15. The van der Waals surface area contributed by atoms with Crippen molar-refractivity contribution in [1.29, 1.82) is 0 Å². The zero-order valence-electron chi connectivity index (χ0n) is 45.6. The number of quaternary nitrogens is 1. The van der Waals surface area contributed by atoms with Crippen molar-refractivity contribution < 1.29 is 32.9 Å². The first-order valence-electron chi connectivity index (χ1n) is 29.0. The average molecular weight is 978 g/mol. The lowest BCUT2D eigenvalue weighted by Gasteiger charge is -2.29. The molecule has 0 saturated carbocycles. The topological polar surface area (TPSA) is 108 Å². The van der Waals surface area contributed by atoms with Gasteiger partial charge in [0.15, 0.2) is 0 Å². The molecule has 0 radical (unpaired) electrons. The van der Waals surface area contributed by atoms with Crippen LogP contribution in [-0.2, 0) is 18.4 Å². The van der Waals surface area contributed by atoms with Crippen LogP contribution in [0.2, 0.25) is 0 Å². The first-order chi connectivity index (χ1) is 33.0.